The van der Waals surface area contributed by atoms with E-state index in [-0.39, 0.29) is 7.43 Å². The molecule has 1 aromatic heterocycles. The quantitative estimate of drug-likeness (QED) is 0.725. The molecule has 0 atom stereocenters. The molecule has 3 aromatic rings. The van der Waals surface area contributed by atoms with Crippen LogP contribution in [0.4, 0.5) is 0 Å². The predicted molar refractivity (Wildman–Crippen MR) is 78.8 cm³/mol. The Balaban J connectivity index is 0.00000133. The number of benzene rings is 2. The number of ether oxygens (including phenoxy) is 1. The van der Waals surface area contributed by atoms with E-state index in [1.165, 1.54) is 5.56 Å². The molecule has 0 spiro atoms. The second kappa shape index (κ2) is 5.14. The number of nitrogens with zero attached hydrogens (tertiary/aromatic N) is 1. The molecule has 0 amide bonds. The number of aryl methyl sites for hydroxylation is 2. The van der Waals surface area contributed by atoms with Crippen LogP contribution in [0.2, 0.25) is 0 Å². The van der Waals surface area contributed by atoms with E-state index in [9.17, 15) is 0 Å². The number of aromatic nitrogens is 2. The Hall–Kier alpha value is -2.29. The summed E-state index contributed by atoms with van der Waals surface area (Å²) in [5, 5.41) is 0. The van der Waals surface area contributed by atoms with Gasteiger partial charge in [-0.3, -0.25) is 0 Å². The summed E-state index contributed by atoms with van der Waals surface area (Å²) >= 11 is 0. The largest absolute Gasteiger partial charge is 0.457 e. The Morgan fingerprint density at radius 3 is 2.37 bits per heavy atom. The van der Waals surface area contributed by atoms with Crippen LogP contribution in [0.1, 0.15) is 18.8 Å². The van der Waals surface area contributed by atoms with E-state index in [0.29, 0.717) is 0 Å². The van der Waals surface area contributed by atoms with Crippen LogP contribution in [0.25, 0.3) is 11.0 Å². The molecular weight excluding hydrogens is 236 g/mol. The van der Waals surface area contributed by atoms with Crippen molar-refractivity contribution in [3.8, 4) is 11.5 Å². The summed E-state index contributed by atoms with van der Waals surface area (Å²) in [4.78, 5) is 7.56. The first-order valence-corrected chi connectivity index (χ1v) is 5.91. The van der Waals surface area contributed by atoms with Gasteiger partial charge in [0, 0.05) is 6.07 Å². The minimum absolute atomic E-state index is 0. The first-order valence-electron chi connectivity index (χ1n) is 5.91. The number of H-pyrrole nitrogens is 1. The molecule has 0 aliphatic carbocycles. The summed E-state index contributed by atoms with van der Waals surface area (Å²) in [7, 11) is 0. The highest BCUT2D eigenvalue weighted by molar-refractivity contribution is 5.76. The zero-order chi connectivity index (χ0) is 12.5. The number of aromatic amines is 1. The van der Waals surface area contributed by atoms with E-state index in [2.05, 4.69) is 16.9 Å². The van der Waals surface area contributed by atoms with Crippen LogP contribution >= 0.6 is 0 Å². The first-order chi connectivity index (χ1) is 8.70. The minimum atomic E-state index is 0. The molecule has 3 nitrogen and oxygen atoms in total. The van der Waals surface area contributed by atoms with Crippen molar-refractivity contribution in [2.45, 2.75) is 21.3 Å². The molecule has 3 heteroatoms. The molecule has 1 heterocycles. The highest BCUT2D eigenvalue weighted by atomic mass is 16.5. The Morgan fingerprint density at radius 1 is 0.947 bits per heavy atom. The van der Waals surface area contributed by atoms with E-state index in [1.807, 2.05) is 49.4 Å². The molecule has 0 unspecified atom stereocenters. The molecule has 1 N–H and O–H groups in total. The highest BCUT2D eigenvalue weighted by Crippen LogP contribution is 2.24. The van der Waals surface area contributed by atoms with E-state index >= 15 is 0 Å². The lowest BCUT2D eigenvalue weighted by molar-refractivity contribution is 0.483. The van der Waals surface area contributed by atoms with Gasteiger partial charge in [0.1, 0.15) is 17.3 Å². The van der Waals surface area contributed by atoms with Gasteiger partial charge in [-0.05, 0) is 38.1 Å². The molecule has 0 saturated heterocycles. The molecular formula is C16H18N2O. The minimum Gasteiger partial charge on any atom is -0.457 e. The fourth-order valence-corrected chi connectivity index (χ4v) is 1.92. The van der Waals surface area contributed by atoms with Crippen molar-refractivity contribution in [1.82, 2.24) is 9.97 Å². The van der Waals surface area contributed by atoms with E-state index < -0.39 is 0 Å². The fourth-order valence-electron chi connectivity index (χ4n) is 1.92. The van der Waals surface area contributed by atoms with Crippen LogP contribution in [0.3, 0.4) is 0 Å². The Bertz CT molecular complexity index is 684. The number of rotatable bonds is 2. The average Bonchev–Trinajstić information content (AvgIpc) is 2.71. The number of fused-ring (bicyclic) bond motifs is 1. The molecule has 0 radical (unpaired) electrons. The molecule has 0 fully saturated rings. The summed E-state index contributed by atoms with van der Waals surface area (Å²) in [5.41, 5.74) is 3.18. The summed E-state index contributed by atoms with van der Waals surface area (Å²) in [6, 6.07) is 13.9. The second-order valence-corrected chi connectivity index (χ2v) is 4.42. The summed E-state index contributed by atoms with van der Waals surface area (Å²) in [5.74, 6) is 2.57. The summed E-state index contributed by atoms with van der Waals surface area (Å²) < 4.78 is 5.80. The van der Waals surface area contributed by atoms with Gasteiger partial charge in [0.15, 0.2) is 0 Å². The standard InChI is InChI=1S/C15H14N2O.CH4/c1-10-3-5-12(6-4-10)18-13-7-8-14-15(9-13)17-11(2)16-14;/h3-9H,1-2H3,(H,16,17);1H4. The van der Waals surface area contributed by atoms with Crippen LogP contribution in [0.15, 0.2) is 42.5 Å². The van der Waals surface area contributed by atoms with Gasteiger partial charge in [0.25, 0.3) is 0 Å². The van der Waals surface area contributed by atoms with Crippen molar-refractivity contribution in [1.29, 1.82) is 0 Å². The molecule has 19 heavy (non-hydrogen) atoms. The maximum absolute atomic E-state index is 5.80. The molecule has 0 aliphatic rings. The number of hydrogen-bond acceptors (Lipinski definition) is 2. The van der Waals surface area contributed by atoms with Gasteiger partial charge >= 0.3 is 0 Å². The normalized spacial score (nSPS) is 10.2. The first kappa shape index (κ1) is 13.1. The number of hydrogen-bond donors (Lipinski definition) is 1. The third-order valence-corrected chi connectivity index (χ3v) is 2.83. The van der Waals surface area contributed by atoms with Crippen molar-refractivity contribution >= 4 is 11.0 Å². The van der Waals surface area contributed by atoms with E-state index in [0.717, 1.165) is 28.4 Å². The predicted octanol–water partition coefficient (Wildman–Crippen LogP) is 4.61. The lowest BCUT2D eigenvalue weighted by atomic mass is 10.2. The van der Waals surface area contributed by atoms with Crippen LogP contribution in [-0.2, 0) is 0 Å². The SMILES string of the molecule is C.Cc1ccc(Oc2ccc3nc(C)[nH]c3c2)cc1. The third kappa shape index (κ3) is 2.76. The monoisotopic (exact) mass is 254 g/mol. The van der Waals surface area contributed by atoms with Crippen molar-refractivity contribution in [3.05, 3.63) is 53.9 Å². The van der Waals surface area contributed by atoms with Crippen molar-refractivity contribution < 1.29 is 4.74 Å². The Morgan fingerprint density at radius 2 is 1.63 bits per heavy atom. The van der Waals surface area contributed by atoms with E-state index in [4.69, 9.17) is 4.74 Å². The Kier molecular flexibility index (Phi) is 3.56. The molecule has 0 saturated carbocycles. The van der Waals surface area contributed by atoms with Crippen molar-refractivity contribution in [2.75, 3.05) is 0 Å². The lowest BCUT2D eigenvalue weighted by Gasteiger charge is -2.05. The smallest absolute Gasteiger partial charge is 0.129 e. The summed E-state index contributed by atoms with van der Waals surface area (Å²) in [6.07, 6.45) is 0. The maximum Gasteiger partial charge on any atom is 0.129 e. The Labute approximate surface area is 113 Å². The zero-order valence-electron chi connectivity index (χ0n) is 10.4. The fraction of sp³-hybridized carbons (Fsp3) is 0.188. The highest BCUT2D eigenvalue weighted by Gasteiger charge is 2.02. The van der Waals surface area contributed by atoms with Crippen molar-refractivity contribution in [2.24, 2.45) is 0 Å². The van der Waals surface area contributed by atoms with Gasteiger partial charge in [0.05, 0.1) is 11.0 Å². The van der Waals surface area contributed by atoms with Gasteiger partial charge in [-0.2, -0.15) is 0 Å². The van der Waals surface area contributed by atoms with Gasteiger partial charge in [-0.15, -0.1) is 0 Å². The van der Waals surface area contributed by atoms with Gasteiger partial charge < -0.3 is 9.72 Å². The maximum atomic E-state index is 5.80. The van der Waals surface area contributed by atoms with Crippen LogP contribution in [0.5, 0.6) is 11.5 Å². The van der Waals surface area contributed by atoms with Gasteiger partial charge in [-0.25, -0.2) is 4.98 Å². The summed E-state index contributed by atoms with van der Waals surface area (Å²) in [6.45, 7) is 4.00. The van der Waals surface area contributed by atoms with Gasteiger partial charge in [-0.1, -0.05) is 25.1 Å². The van der Waals surface area contributed by atoms with Crippen LogP contribution in [0, 0.1) is 13.8 Å². The molecule has 98 valence electrons. The van der Waals surface area contributed by atoms with Crippen LogP contribution < -0.4 is 4.74 Å². The lowest BCUT2D eigenvalue weighted by Crippen LogP contribution is -1.84. The topological polar surface area (TPSA) is 37.9 Å². The van der Waals surface area contributed by atoms with Crippen molar-refractivity contribution in [3.63, 3.8) is 0 Å². The molecule has 0 bridgehead atoms. The van der Waals surface area contributed by atoms with Gasteiger partial charge in [0.2, 0.25) is 0 Å². The zero-order valence-corrected chi connectivity index (χ0v) is 10.4. The molecule has 0 aliphatic heterocycles. The molecule has 2 aromatic carbocycles. The number of nitrogens with one attached hydrogen (secondary N) is 1. The van der Waals surface area contributed by atoms with Crippen LogP contribution in [-0.4, -0.2) is 9.97 Å². The van der Waals surface area contributed by atoms with E-state index in [1.54, 1.807) is 0 Å². The average molecular weight is 254 g/mol. The third-order valence-electron chi connectivity index (χ3n) is 2.83. The molecule has 3 rings (SSSR count). The number of imidazole rings is 1. The second-order valence-electron chi connectivity index (χ2n) is 4.42.